The minimum absolute atomic E-state index is 0.00916. The standard InChI is InChI=1S/C18H20ClNO2S/c1-14-5-4-7-16(11-14)22-10-9-20-18(21)13-23-12-15-6-2-3-8-17(15)19/h2-8,11H,9-10,12-13H2,1H3,(H,20,21). The second-order valence-electron chi connectivity index (χ2n) is 5.10. The fourth-order valence-corrected chi connectivity index (χ4v) is 3.13. The number of benzene rings is 2. The molecule has 2 rings (SSSR count). The van der Waals surface area contributed by atoms with E-state index in [4.69, 9.17) is 16.3 Å². The lowest BCUT2D eigenvalue weighted by molar-refractivity contribution is -0.118. The van der Waals surface area contributed by atoms with E-state index in [9.17, 15) is 4.79 Å². The maximum atomic E-state index is 11.8. The monoisotopic (exact) mass is 349 g/mol. The summed E-state index contributed by atoms with van der Waals surface area (Å²) in [6.07, 6.45) is 0. The third kappa shape index (κ3) is 6.55. The van der Waals surface area contributed by atoms with E-state index in [0.29, 0.717) is 18.9 Å². The molecule has 3 nitrogen and oxygen atoms in total. The SMILES string of the molecule is Cc1cccc(OCCNC(=O)CSCc2ccccc2Cl)c1. The van der Waals surface area contributed by atoms with Crippen molar-refractivity contribution in [3.8, 4) is 5.75 Å². The molecule has 0 saturated heterocycles. The van der Waals surface area contributed by atoms with Crippen LogP contribution in [-0.2, 0) is 10.5 Å². The zero-order valence-corrected chi connectivity index (χ0v) is 14.6. The van der Waals surface area contributed by atoms with Crippen molar-refractivity contribution in [3.63, 3.8) is 0 Å². The van der Waals surface area contributed by atoms with Gasteiger partial charge in [-0.05, 0) is 36.2 Å². The summed E-state index contributed by atoms with van der Waals surface area (Å²) in [4.78, 5) is 11.8. The van der Waals surface area contributed by atoms with Gasteiger partial charge in [-0.15, -0.1) is 11.8 Å². The number of amides is 1. The summed E-state index contributed by atoms with van der Waals surface area (Å²) in [5.74, 6) is 1.98. The van der Waals surface area contributed by atoms with Crippen LogP contribution in [0.3, 0.4) is 0 Å². The van der Waals surface area contributed by atoms with E-state index in [0.717, 1.165) is 27.7 Å². The first-order valence-electron chi connectivity index (χ1n) is 7.42. The number of aryl methyl sites for hydroxylation is 1. The largest absolute Gasteiger partial charge is 0.492 e. The van der Waals surface area contributed by atoms with Gasteiger partial charge in [-0.2, -0.15) is 0 Å². The topological polar surface area (TPSA) is 38.3 Å². The Morgan fingerprint density at radius 1 is 1.22 bits per heavy atom. The third-order valence-corrected chi connectivity index (χ3v) is 4.48. The Morgan fingerprint density at radius 3 is 2.83 bits per heavy atom. The van der Waals surface area contributed by atoms with Crippen LogP contribution in [0, 0.1) is 6.92 Å². The van der Waals surface area contributed by atoms with Crippen molar-refractivity contribution in [3.05, 3.63) is 64.7 Å². The van der Waals surface area contributed by atoms with Crippen molar-refractivity contribution in [2.75, 3.05) is 18.9 Å². The highest BCUT2D eigenvalue weighted by Crippen LogP contribution is 2.20. The van der Waals surface area contributed by atoms with E-state index in [1.807, 2.05) is 55.5 Å². The van der Waals surface area contributed by atoms with Crippen LogP contribution in [0.2, 0.25) is 5.02 Å². The lowest BCUT2D eigenvalue weighted by Crippen LogP contribution is -2.29. The highest BCUT2D eigenvalue weighted by atomic mass is 35.5. The Kier molecular flexibility index (Phi) is 7.30. The van der Waals surface area contributed by atoms with Gasteiger partial charge < -0.3 is 10.1 Å². The Balaban J connectivity index is 1.59. The van der Waals surface area contributed by atoms with Crippen molar-refractivity contribution in [1.82, 2.24) is 5.32 Å². The van der Waals surface area contributed by atoms with Gasteiger partial charge >= 0.3 is 0 Å². The van der Waals surface area contributed by atoms with E-state index in [2.05, 4.69) is 5.32 Å². The first-order valence-corrected chi connectivity index (χ1v) is 8.96. The predicted octanol–water partition coefficient (Wildman–Crippen LogP) is 4.08. The summed E-state index contributed by atoms with van der Waals surface area (Å²) in [7, 11) is 0. The van der Waals surface area contributed by atoms with Crippen molar-refractivity contribution in [2.24, 2.45) is 0 Å². The zero-order valence-electron chi connectivity index (χ0n) is 13.0. The van der Waals surface area contributed by atoms with Crippen molar-refractivity contribution >= 4 is 29.3 Å². The molecule has 0 aliphatic carbocycles. The van der Waals surface area contributed by atoms with Crippen LogP contribution in [0.25, 0.3) is 0 Å². The predicted molar refractivity (Wildman–Crippen MR) is 97.3 cm³/mol. The van der Waals surface area contributed by atoms with Gasteiger partial charge in [0.1, 0.15) is 12.4 Å². The number of halogens is 1. The normalized spacial score (nSPS) is 10.3. The fraction of sp³-hybridized carbons (Fsp3) is 0.278. The molecular formula is C18H20ClNO2S. The number of carbonyl (C=O) groups is 1. The number of hydrogen-bond acceptors (Lipinski definition) is 3. The molecule has 0 spiro atoms. The van der Waals surface area contributed by atoms with Crippen LogP contribution in [0.1, 0.15) is 11.1 Å². The highest BCUT2D eigenvalue weighted by molar-refractivity contribution is 7.99. The Bertz CT molecular complexity index is 648. The van der Waals surface area contributed by atoms with Gasteiger partial charge in [0.25, 0.3) is 0 Å². The molecule has 0 heterocycles. The van der Waals surface area contributed by atoms with Crippen molar-refractivity contribution in [1.29, 1.82) is 0 Å². The molecule has 0 bridgehead atoms. The van der Waals surface area contributed by atoms with Gasteiger partial charge in [0.2, 0.25) is 5.91 Å². The Hall–Kier alpha value is -1.65. The van der Waals surface area contributed by atoms with Crippen LogP contribution in [0.5, 0.6) is 5.75 Å². The quantitative estimate of drug-likeness (QED) is 0.730. The molecule has 0 fully saturated rings. The van der Waals surface area contributed by atoms with E-state index >= 15 is 0 Å². The van der Waals surface area contributed by atoms with Crippen LogP contribution in [0.15, 0.2) is 48.5 Å². The number of ether oxygens (including phenoxy) is 1. The molecule has 1 amide bonds. The highest BCUT2D eigenvalue weighted by Gasteiger charge is 2.04. The molecule has 0 aromatic heterocycles. The molecule has 0 radical (unpaired) electrons. The van der Waals surface area contributed by atoms with Crippen LogP contribution >= 0.6 is 23.4 Å². The zero-order chi connectivity index (χ0) is 16.5. The maximum Gasteiger partial charge on any atom is 0.230 e. The summed E-state index contributed by atoms with van der Waals surface area (Å²) >= 11 is 7.63. The second kappa shape index (κ2) is 9.48. The number of thioether (sulfide) groups is 1. The van der Waals surface area contributed by atoms with Gasteiger partial charge in [0.15, 0.2) is 0 Å². The molecule has 0 atom stereocenters. The van der Waals surface area contributed by atoms with Gasteiger partial charge in [-0.25, -0.2) is 0 Å². The minimum atomic E-state index is 0.00916. The molecule has 2 aromatic carbocycles. The molecule has 2 aromatic rings. The summed E-state index contributed by atoms with van der Waals surface area (Å²) in [6.45, 7) is 2.98. The number of rotatable bonds is 8. The lowest BCUT2D eigenvalue weighted by Gasteiger charge is -2.08. The molecule has 0 saturated carbocycles. The van der Waals surface area contributed by atoms with Crippen LogP contribution in [0.4, 0.5) is 0 Å². The molecular weight excluding hydrogens is 330 g/mol. The summed E-state index contributed by atoms with van der Waals surface area (Å²) in [5.41, 5.74) is 2.21. The van der Waals surface area contributed by atoms with Crippen molar-refractivity contribution < 1.29 is 9.53 Å². The van der Waals surface area contributed by atoms with Gasteiger partial charge in [0, 0.05) is 10.8 Å². The second-order valence-corrected chi connectivity index (χ2v) is 6.49. The Labute approximate surface area is 146 Å². The average Bonchev–Trinajstić information content (AvgIpc) is 2.53. The van der Waals surface area contributed by atoms with E-state index in [1.54, 1.807) is 11.8 Å². The third-order valence-electron chi connectivity index (χ3n) is 3.13. The number of carbonyl (C=O) groups excluding carboxylic acids is 1. The summed E-state index contributed by atoms with van der Waals surface area (Å²) in [6, 6.07) is 15.5. The number of nitrogens with one attached hydrogen (secondary N) is 1. The molecule has 0 unspecified atom stereocenters. The number of hydrogen-bond donors (Lipinski definition) is 1. The minimum Gasteiger partial charge on any atom is -0.492 e. The van der Waals surface area contributed by atoms with Gasteiger partial charge in [-0.1, -0.05) is 41.9 Å². The van der Waals surface area contributed by atoms with Crippen LogP contribution in [-0.4, -0.2) is 24.8 Å². The molecule has 122 valence electrons. The fourth-order valence-electron chi connectivity index (χ4n) is 1.98. The lowest BCUT2D eigenvalue weighted by atomic mass is 10.2. The van der Waals surface area contributed by atoms with Crippen molar-refractivity contribution in [2.45, 2.75) is 12.7 Å². The van der Waals surface area contributed by atoms with E-state index in [-0.39, 0.29) is 5.91 Å². The van der Waals surface area contributed by atoms with Crippen LogP contribution < -0.4 is 10.1 Å². The maximum absolute atomic E-state index is 11.8. The van der Waals surface area contributed by atoms with E-state index < -0.39 is 0 Å². The van der Waals surface area contributed by atoms with E-state index in [1.165, 1.54) is 0 Å². The molecule has 0 aliphatic heterocycles. The molecule has 1 N–H and O–H groups in total. The molecule has 5 heteroatoms. The average molecular weight is 350 g/mol. The molecule has 0 aliphatic rings. The Morgan fingerprint density at radius 2 is 2.04 bits per heavy atom. The van der Waals surface area contributed by atoms with Gasteiger partial charge in [0.05, 0.1) is 12.3 Å². The first-order chi connectivity index (χ1) is 11.1. The summed E-state index contributed by atoms with van der Waals surface area (Å²) in [5, 5.41) is 3.59. The van der Waals surface area contributed by atoms with Gasteiger partial charge in [-0.3, -0.25) is 4.79 Å². The first kappa shape index (κ1) is 17.7. The smallest absolute Gasteiger partial charge is 0.230 e. The molecule has 23 heavy (non-hydrogen) atoms. The summed E-state index contributed by atoms with van der Waals surface area (Å²) < 4.78 is 5.59.